The molecular formula is C24H35F3O2. The van der Waals surface area contributed by atoms with Gasteiger partial charge in [0.1, 0.15) is 5.82 Å². The molecule has 0 aromatic heterocycles. The quantitative estimate of drug-likeness (QED) is 0.338. The van der Waals surface area contributed by atoms with E-state index in [2.05, 4.69) is 20.4 Å². The summed E-state index contributed by atoms with van der Waals surface area (Å²) in [5, 5.41) is 0. The van der Waals surface area contributed by atoms with E-state index in [1.54, 1.807) is 33.8 Å². The van der Waals surface area contributed by atoms with Crippen molar-refractivity contribution in [2.24, 2.45) is 5.92 Å². The summed E-state index contributed by atoms with van der Waals surface area (Å²) in [6.45, 7) is 17.5. The Bertz CT molecular complexity index is 703. The lowest BCUT2D eigenvalue weighted by atomic mass is 9.93. The third kappa shape index (κ3) is 9.82. The first-order valence-corrected chi connectivity index (χ1v) is 9.91. The number of benzene rings is 1. The van der Waals surface area contributed by atoms with Gasteiger partial charge in [-0.05, 0) is 82.2 Å². The van der Waals surface area contributed by atoms with Crippen molar-refractivity contribution in [3.05, 3.63) is 52.9 Å². The van der Waals surface area contributed by atoms with E-state index in [1.807, 2.05) is 0 Å². The van der Waals surface area contributed by atoms with Gasteiger partial charge in [-0.3, -0.25) is 0 Å². The number of alkyl halides is 2. The number of hydrogen-bond donors (Lipinski definition) is 0. The fraction of sp³-hybridized carbons (Fsp3) is 0.542. The maximum atomic E-state index is 14.3. The molecule has 164 valence electrons. The smallest absolute Gasteiger partial charge is 0.338 e. The van der Waals surface area contributed by atoms with Gasteiger partial charge in [0, 0.05) is 12.5 Å². The van der Waals surface area contributed by atoms with Crippen LogP contribution in [0, 0.1) is 18.7 Å². The zero-order chi connectivity index (χ0) is 22.9. The van der Waals surface area contributed by atoms with Crippen molar-refractivity contribution < 1.29 is 22.7 Å². The molecule has 0 heterocycles. The second kappa shape index (κ2) is 11.8. The van der Waals surface area contributed by atoms with E-state index in [9.17, 15) is 18.0 Å². The van der Waals surface area contributed by atoms with Crippen LogP contribution in [0.3, 0.4) is 0 Å². The number of rotatable bonds is 7. The summed E-state index contributed by atoms with van der Waals surface area (Å²) in [5.41, 5.74) is 2.40. The van der Waals surface area contributed by atoms with E-state index in [0.29, 0.717) is 11.5 Å². The van der Waals surface area contributed by atoms with E-state index < -0.39 is 17.7 Å². The van der Waals surface area contributed by atoms with E-state index >= 15 is 0 Å². The van der Waals surface area contributed by atoms with Crippen molar-refractivity contribution in [3.63, 3.8) is 0 Å². The first-order valence-electron chi connectivity index (χ1n) is 9.91. The molecule has 0 radical (unpaired) electrons. The van der Waals surface area contributed by atoms with Crippen LogP contribution in [-0.4, -0.2) is 18.0 Å². The summed E-state index contributed by atoms with van der Waals surface area (Å²) < 4.78 is 43.5. The highest BCUT2D eigenvalue weighted by Gasteiger charge is 2.22. The number of halogens is 3. The summed E-state index contributed by atoms with van der Waals surface area (Å²) in [6, 6.07) is 2.91. The first kappa shape index (κ1) is 27.0. The Balaban J connectivity index is 0.000000828. The molecule has 0 aliphatic rings. The van der Waals surface area contributed by atoms with Crippen LogP contribution in [0.4, 0.5) is 13.2 Å². The predicted molar refractivity (Wildman–Crippen MR) is 115 cm³/mol. The molecule has 0 amide bonds. The number of esters is 1. The molecule has 0 spiro atoms. The van der Waals surface area contributed by atoms with Gasteiger partial charge < -0.3 is 4.74 Å². The largest absolute Gasteiger partial charge is 0.459 e. The van der Waals surface area contributed by atoms with E-state index in [1.165, 1.54) is 19.1 Å². The predicted octanol–water partition coefficient (Wildman–Crippen LogP) is 7.76. The van der Waals surface area contributed by atoms with Crippen LogP contribution in [0.25, 0.3) is 5.57 Å². The molecular weight excluding hydrogens is 377 g/mol. The van der Waals surface area contributed by atoms with Crippen LogP contribution in [-0.2, 0) is 4.74 Å². The first-order chi connectivity index (χ1) is 13.2. The third-order valence-electron chi connectivity index (χ3n) is 4.37. The molecule has 1 rings (SSSR count). The summed E-state index contributed by atoms with van der Waals surface area (Å²) >= 11 is 0. The Labute approximate surface area is 173 Å². The maximum absolute atomic E-state index is 14.3. The van der Waals surface area contributed by atoms with Gasteiger partial charge in [-0.25, -0.2) is 18.0 Å². The molecule has 2 nitrogen and oxygen atoms in total. The molecule has 0 saturated heterocycles. The zero-order valence-electron chi connectivity index (χ0n) is 19.0. The van der Waals surface area contributed by atoms with Gasteiger partial charge in [-0.15, -0.1) is 0 Å². The molecule has 0 aliphatic heterocycles. The molecule has 1 aromatic carbocycles. The van der Waals surface area contributed by atoms with Crippen molar-refractivity contribution in [2.45, 2.75) is 80.3 Å². The Morgan fingerprint density at radius 2 is 1.79 bits per heavy atom. The van der Waals surface area contributed by atoms with E-state index in [0.717, 1.165) is 30.9 Å². The Morgan fingerprint density at radius 3 is 2.14 bits per heavy atom. The average Bonchev–Trinajstić information content (AvgIpc) is 2.57. The Kier molecular flexibility index (Phi) is 11.0. The van der Waals surface area contributed by atoms with Gasteiger partial charge in [0.25, 0.3) is 5.92 Å². The van der Waals surface area contributed by atoms with Crippen molar-refractivity contribution in [2.75, 3.05) is 0 Å². The SMILES string of the molecule is C/C=C(\C)C(C)(F)F.C=C(CCC(C)C)c1c(C)cc(C(=O)OC(C)C)cc1F. The number of carbonyl (C=O) groups is 1. The second-order valence-electron chi connectivity index (χ2n) is 8.00. The molecule has 5 heteroatoms. The summed E-state index contributed by atoms with van der Waals surface area (Å²) in [7, 11) is 0. The average molecular weight is 413 g/mol. The topological polar surface area (TPSA) is 26.3 Å². The second-order valence-corrected chi connectivity index (χ2v) is 8.00. The molecule has 0 bridgehead atoms. The lowest BCUT2D eigenvalue weighted by Gasteiger charge is -2.14. The van der Waals surface area contributed by atoms with Gasteiger partial charge in [0.2, 0.25) is 0 Å². The Morgan fingerprint density at radius 1 is 1.24 bits per heavy atom. The van der Waals surface area contributed by atoms with Crippen molar-refractivity contribution >= 4 is 11.5 Å². The van der Waals surface area contributed by atoms with Crippen LogP contribution in [0.5, 0.6) is 0 Å². The summed E-state index contributed by atoms with van der Waals surface area (Å²) in [4.78, 5) is 11.8. The molecule has 0 unspecified atom stereocenters. The highest BCUT2D eigenvalue weighted by Crippen LogP contribution is 2.27. The number of carbonyl (C=O) groups excluding carboxylic acids is 1. The van der Waals surface area contributed by atoms with Gasteiger partial charge in [0.15, 0.2) is 0 Å². The highest BCUT2D eigenvalue weighted by molar-refractivity contribution is 5.90. The minimum atomic E-state index is -2.63. The van der Waals surface area contributed by atoms with Crippen LogP contribution in [0.15, 0.2) is 30.4 Å². The van der Waals surface area contributed by atoms with Crippen LogP contribution >= 0.6 is 0 Å². The lowest BCUT2D eigenvalue weighted by Crippen LogP contribution is -2.12. The number of ether oxygens (including phenoxy) is 1. The minimum Gasteiger partial charge on any atom is -0.459 e. The van der Waals surface area contributed by atoms with Gasteiger partial charge in [-0.1, -0.05) is 26.5 Å². The number of allylic oxidation sites excluding steroid dienone is 3. The number of hydrogen-bond acceptors (Lipinski definition) is 2. The normalized spacial score (nSPS) is 12.0. The van der Waals surface area contributed by atoms with Crippen LogP contribution in [0.2, 0.25) is 0 Å². The summed E-state index contributed by atoms with van der Waals surface area (Å²) in [6.07, 6.45) is 2.92. The van der Waals surface area contributed by atoms with E-state index in [-0.39, 0.29) is 17.2 Å². The van der Waals surface area contributed by atoms with Gasteiger partial charge in [0.05, 0.1) is 11.7 Å². The van der Waals surface area contributed by atoms with Crippen molar-refractivity contribution in [1.82, 2.24) is 0 Å². The molecule has 0 saturated carbocycles. The van der Waals surface area contributed by atoms with E-state index in [4.69, 9.17) is 4.74 Å². The fourth-order valence-electron chi connectivity index (χ4n) is 2.43. The zero-order valence-corrected chi connectivity index (χ0v) is 19.0. The molecule has 0 atom stereocenters. The highest BCUT2D eigenvalue weighted by atomic mass is 19.3. The van der Waals surface area contributed by atoms with Gasteiger partial charge in [-0.2, -0.15) is 0 Å². The number of aryl methyl sites for hydroxylation is 1. The molecule has 29 heavy (non-hydrogen) atoms. The maximum Gasteiger partial charge on any atom is 0.338 e. The minimum absolute atomic E-state index is 0.123. The molecule has 1 aromatic rings. The standard InChI is InChI=1S/C18H25FO2.C6H10F2/c1-11(2)7-8-13(5)17-14(6)9-15(10-16(17)19)18(20)21-12(3)4;1-4-5(2)6(3,7)8/h9-12H,5,7-8H2,1-4,6H3;4H,1-3H3/b;5-4+. The monoisotopic (exact) mass is 412 g/mol. The molecule has 0 fully saturated rings. The third-order valence-corrected chi connectivity index (χ3v) is 4.37. The lowest BCUT2D eigenvalue weighted by molar-refractivity contribution is 0.0377. The van der Waals surface area contributed by atoms with Gasteiger partial charge >= 0.3 is 5.97 Å². The van der Waals surface area contributed by atoms with Crippen molar-refractivity contribution in [3.8, 4) is 0 Å². The van der Waals surface area contributed by atoms with Crippen LogP contribution < -0.4 is 0 Å². The van der Waals surface area contributed by atoms with Crippen LogP contribution in [0.1, 0.15) is 82.8 Å². The summed E-state index contributed by atoms with van der Waals surface area (Å²) in [5.74, 6) is -2.98. The molecule has 0 aliphatic carbocycles. The Hall–Kier alpha value is -2.04. The van der Waals surface area contributed by atoms with Crippen molar-refractivity contribution in [1.29, 1.82) is 0 Å². The fourth-order valence-corrected chi connectivity index (χ4v) is 2.43. The molecule has 0 N–H and O–H groups in total.